The number of alkyl halides is 9. The van der Waals surface area contributed by atoms with Crippen LogP contribution in [0.4, 0.5) is 50.0 Å². The number of rotatable bonds is 6. The van der Waals surface area contributed by atoms with Gasteiger partial charge in [0.2, 0.25) is 0 Å². The zero-order chi connectivity index (χ0) is 27.1. The summed E-state index contributed by atoms with van der Waals surface area (Å²) in [6.07, 6.45) is -17.7. The molecule has 198 valence electrons. The van der Waals surface area contributed by atoms with E-state index in [-0.39, 0.29) is 18.2 Å². The second-order valence-corrected chi connectivity index (χ2v) is 7.91. The van der Waals surface area contributed by atoms with Crippen LogP contribution in [0.5, 0.6) is 5.75 Å². The maximum absolute atomic E-state index is 13.2. The zero-order valence-corrected chi connectivity index (χ0v) is 18.6. The summed E-state index contributed by atoms with van der Waals surface area (Å²) in [5.74, 6) is -0.580. The number of anilines is 1. The van der Waals surface area contributed by atoms with Crippen molar-refractivity contribution in [3.05, 3.63) is 58.7 Å². The molecule has 1 amide bonds. The van der Waals surface area contributed by atoms with E-state index in [9.17, 15) is 44.3 Å². The monoisotopic (exact) mass is 530 g/mol. The van der Waals surface area contributed by atoms with Crippen LogP contribution in [0.3, 0.4) is 0 Å². The topological polar surface area (TPSA) is 50.8 Å². The second-order valence-electron chi connectivity index (χ2n) is 7.91. The van der Waals surface area contributed by atoms with Gasteiger partial charge in [0.15, 0.2) is 0 Å². The lowest BCUT2D eigenvalue weighted by Gasteiger charge is -2.24. The van der Waals surface area contributed by atoms with Gasteiger partial charge in [0.25, 0.3) is 0 Å². The lowest BCUT2D eigenvalue weighted by atomic mass is 9.97. The first kappa shape index (κ1) is 27.3. The van der Waals surface area contributed by atoms with Crippen LogP contribution in [0.15, 0.2) is 36.4 Å². The van der Waals surface area contributed by atoms with E-state index in [2.05, 4.69) is 10.1 Å². The van der Waals surface area contributed by atoms with E-state index >= 15 is 0 Å². The number of amides is 1. The molecule has 1 aliphatic rings. The van der Waals surface area contributed by atoms with Gasteiger partial charge in [0.05, 0.1) is 23.7 Å². The Kier molecular flexibility index (Phi) is 7.29. The van der Waals surface area contributed by atoms with Crippen molar-refractivity contribution < 1.29 is 53.8 Å². The third-order valence-electron chi connectivity index (χ3n) is 5.35. The Hall–Kier alpha value is -3.32. The first-order chi connectivity index (χ1) is 16.5. The Labute approximate surface area is 198 Å². The number of hydrogen-bond donors (Lipinski definition) is 1. The van der Waals surface area contributed by atoms with Crippen LogP contribution in [-0.2, 0) is 23.6 Å². The normalized spacial score (nSPS) is 18.9. The van der Waals surface area contributed by atoms with Crippen molar-refractivity contribution in [2.45, 2.75) is 51.3 Å². The number of nitrogens with one attached hydrogen (secondary N) is 1. The summed E-state index contributed by atoms with van der Waals surface area (Å²) in [6, 6.07) is 3.17. The number of hydrogen-bond acceptors (Lipinski definition) is 4. The smallest absolute Gasteiger partial charge is 0.439 e. The lowest BCUT2D eigenvalue weighted by Crippen LogP contribution is -2.32. The number of nitrogens with zero attached hydrogens (tertiary/aromatic N) is 1. The fraction of sp³-hybridized carbons (Fsp3) is 0.409. The third kappa shape index (κ3) is 6.26. The molecule has 2 atom stereocenters. The molecule has 1 aliphatic heterocycles. The quantitative estimate of drug-likeness (QED) is 0.404. The van der Waals surface area contributed by atoms with Gasteiger partial charge in [-0.05, 0) is 61.4 Å². The molecule has 1 fully saturated rings. The lowest BCUT2D eigenvalue weighted by molar-refractivity contribution is -0.274. The van der Waals surface area contributed by atoms with Crippen LogP contribution in [0, 0.1) is 0 Å². The molecular formula is C22H19F9N2O3. The molecule has 2 aromatic carbocycles. The number of benzene rings is 2. The molecule has 0 radical (unpaired) electrons. The minimum absolute atomic E-state index is 0.0441. The standard InChI is InChI=1S/C22H19F9N2O3/c1-3-32-17-5-4-16(36-22(29,30)31)8-13(17)10-33-11(2)18(35-19(33)34)12-6-14(20(23,24)25)9-15(7-12)21(26,27)28/h4-9,11,18,32H,3,10H2,1-2H3/t11-,18-/m0/s1. The number of carbonyl (C=O) groups excluding carboxylic acids is 1. The van der Waals surface area contributed by atoms with Crippen LogP contribution < -0.4 is 10.1 Å². The Morgan fingerprint density at radius 3 is 2.03 bits per heavy atom. The van der Waals surface area contributed by atoms with Gasteiger partial charge in [-0.3, -0.25) is 4.90 Å². The van der Waals surface area contributed by atoms with Crippen LogP contribution in [0.25, 0.3) is 0 Å². The first-order valence-electron chi connectivity index (χ1n) is 10.4. The van der Waals surface area contributed by atoms with Crippen molar-refractivity contribution in [2.75, 3.05) is 11.9 Å². The fourth-order valence-electron chi connectivity index (χ4n) is 3.75. The van der Waals surface area contributed by atoms with Crippen molar-refractivity contribution >= 4 is 11.8 Å². The van der Waals surface area contributed by atoms with Gasteiger partial charge in [0, 0.05) is 12.2 Å². The summed E-state index contributed by atoms with van der Waals surface area (Å²) < 4.78 is 126. The van der Waals surface area contributed by atoms with Crippen LogP contribution in [0.2, 0.25) is 0 Å². The van der Waals surface area contributed by atoms with E-state index in [0.717, 1.165) is 17.0 Å². The van der Waals surface area contributed by atoms with E-state index in [1.807, 2.05) is 0 Å². The van der Waals surface area contributed by atoms with Gasteiger partial charge in [-0.2, -0.15) is 26.3 Å². The van der Waals surface area contributed by atoms with Crippen molar-refractivity contribution in [1.82, 2.24) is 4.90 Å². The minimum atomic E-state index is -5.10. The molecule has 0 spiro atoms. The third-order valence-corrected chi connectivity index (χ3v) is 5.35. The molecule has 0 bridgehead atoms. The van der Waals surface area contributed by atoms with Crippen LogP contribution >= 0.6 is 0 Å². The maximum atomic E-state index is 13.2. The van der Waals surface area contributed by atoms with Crippen LogP contribution in [-0.4, -0.2) is 29.9 Å². The summed E-state index contributed by atoms with van der Waals surface area (Å²) in [7, 11) is 0. The highest BCUT2D eigenvalue weighted by molar-refractivity contribution is 5.72. The highest BCUT2D eigenvalue weighted by Gasteiger charge is 2.43. The predicted molar refractivity (Wildman–Crippen MR) is 108 cm³/mol. The highest BCUT2D eigenvalue weighted by Crippen LogP contribution is 2.41. The Morgan fingerprint density at radius 1 is 0.944 bits per heavy atom. The van der Waals surface area contributed by atoms with Gasteiger partial charge in [0.1, 0.15) is 11.9 Å². The number of halogens is 9. The predicted octanol–water partition coefficient (Wildman–Crippen LogP) is 7.14. The average Bonchev–Trinajstić information content (AvgIpc) is 3.01. The number of carbonyl (C=O) groups is 1. The van der Waals surface area contributed by atoms with Crippen molar-refractivity contribution in [1.29, 1.82) is 0 Å². The van der Waals surface area contributed by atoms with Gasteiger partial charge < -0.3 is 14.8 Å². The summed E-state index contributed by atoms with van der Waals surface area (Å²) in [4.78, 5) is 13.5. The Morgan fingerprint density at radius 2 is 1.53 bits per heavy atom. The summed E-state index contributed by atoms with van der Waals surface area (Å²) in [6.45, 7) is 3.04. The maximum Gasteiger partial charge on any atom is 0.573 e. The molecule has 1 saturated heterocycles. The molecule has 0 saturated carbocycles. The van der Waals surface area contributed by atoms with Crippen molar-refractivity contribution in [2.24, 2.45) is 0 Å². The minimum Gasteiger partial charge on any atom is -0.439 e. The Bertz CT molecular complexity index is 1080. The van der Waals surface area contributed by atoms with E-state index in [1.165, 1.54) is 13.0 Å². The first-order valence-corrected chi connectivity index (χ1v) is 10.4. The highest BCUT2D eigenvalue weighted by atomic mass is 19.4. The van der Waals surface area contributed by atoms with E-state index in [1.54, 1.807) is 6.92 Å². The SMILES string of the molecule is CCNc1ccc(OC(F)(F)F)cc1CN1C(=O)O[C@H](c2cc(C(F)(F)F)cc(C(F)(F)F)c2)[C@@H]1C. The van der Waals surface area contributed by atoms with Crippen molar-refractivity contribution in [3.63, 3.8) is 0 Å². The van der Waals surface area contributed by atoms with Gasteiger partial charge >= 0.3 is 24.8 Å². The molecule has 14 heteroatoms. The molecule has 3 rings (SSSR count). The average molecular weight is 530 g/mol. The van der Waals surface area contributed by atoms with Gasteiger partial charge in [-0.1, -0.05) is 0 Å². The van der Waals surface area contributed by atoms with Gasteiger partial charge in [-0.25, -0.2) is 4.79 Å². The molecule has 2 aromatic rings. The number of cyclic esters (lactones) is 1. The molecule has 36 heavy (non-hydrogen) atoms. The Balaban J connectivity index is 1.96. The van der Waals surface area contributed by atoms with Crippen molar-refractivity contribution in [3.8, 4) is 5.75 Å². The van der Waals surface area contributed by atoms with Gasteiger partial charge in [-0.15, -0.1) is 13.2 Å². The molecular weight excluding hydrogens is 511 g/mol. The van der Waals surface area contributed by atoms with Crippen LogP contribution in [0.1, 0.15) is 42.2 Å². The molecule has 1 N–H and O–H groups in total. The number of ether oxygens (including phenoxy) is 2. The van der Waals surface area contributed by atoms with E-state index in [0.29, 0.717) is 24.4 Å². The molecule has 0 unspecified atom stereocenters. The second kappa shape index (κ2) is 9.62. The van der Waals surface area contributed by atoms with E-state index in [4.69, 9.17) is 4.74 Å². The summed E-state index contributed by atoms with van der Waals surface area (Å²) in [5.41, 5.74) is -3.17. The largest absolute Gasteiger partial charge is 0.573 e. The fourth-order valence-corrected chi connectivity index (χ4v) is 3.75. The summed E-state index contributed by atoms with van der Waals surface area (Å²) in [5, 5.41) is 2.90. The van der Waals surface area contributed by atoms with E-state index < -0.39 is 59.4 Å². The molecule has 5 nitrogen and oxygen atoms in total. The molecule has 0 aliphatic carbocycles. The summed E-state index contributed by atoms with van der Waals surface area (Å²) >= 11 is 0. The zero-order valence-electron chi connectivity index (χ0n) is 18.6. The molecule has 1 heterocycles. The molecule has 0 aromatic heterocycles.